The number of amides is 1. The number of amidine groups is 1. The fourth-order valence-electron chi connectivity index (χ4n) is 3.99. The van der Waals surface area contributed by atoms with Gasteiger partial charge in [-0.25, -0.2) is 0 Å². The Kier molecular flexibility index (Phi) is 17.2. The summed E-state index contributed by atoms with van der Waals surface area (Å²) in [7, 11) is 0. The minimum atomic E-state index is -0.866. The molecule has 0 radical (unpaired) electrons. The van der Waals surface area contributed by atoms with Gasteiger partial charge < -0.3 is 9.90 Å². The molecule has 0 aliphatic rings. The van der Waals surface area contributed by atoms with E-state index in [0.717, 1.165) is 40.9 Å². The van der Waals surface area contributed by atoms with Gasteiger partial charge in [-0.15, -0.1) is 0 Å². The number of nitrogen functional groups attached to an aromatic ring is 1. The van der Waals surface area contributed by atoms with Crippen LogP contribution in [0.15, 0.2) is 18.2 Å². The number of benzene rings is 1. The van der Waals surface area contributed by atoms with Crippen molar-refractivity contribution in [3.05, 3.63) is 29.3 Å². The van der Waals surface area contributed by atoms with Crippen molar-refractivity contribution in [3.8, 4) is 0 Å². The number of hydrogen-bond donors (Lipinski definition) is 4. The summed E-state index contributed by atoms with van der Waals surface area (Å²) >= 11 is 1.48. The molecule has 1 atom stereocenters. The second-order valence-corrected chi connectivity index (χ2v) is 11.5. The van der Waals surface area contributed by atoms with E-state index >= 15 is 0 Å². The minimum Gasteiger partial charge on any atom is -0.480 e. The summed E-state index contributed by atoms with van der Waals surface area (Å²) in [6, 6.07) is 5.65. The van der Waals surface area contributed by atoms with Crippen LogP contribution in [0.4, 0.5) is 0 Å². The molecule has 5 N–H and O–H groups in total. The van der Waals surface area contributed by atoms with Crippen molar-refractivity contribution in [2.45, 2.75) is 46.6 Å². The molecule has 0 saturated carbocycles. The second kappa shape index (κ2) is 19.2. The van der Waals surface area contributed by atoms with E-state index in [-0.39, 0.29) is 24.8 Å². The summed E-state index contributed by atoms with van der Waals surface area (Å²) in [5.41, 5.74) is 7.16. The Morgan fingerprint density at radius 2 is 1.68 bits per heavy atom. The van der Waals surface area contributed by atoms with Crippen molar-refractivity contribution < 1.29 is 44.2 Å². The van der Waals surface area contributed by atoms with Crippen LogP contribution >= 0.6 is 0 Å². The summed E-state index contributed by atoms with van der Waals surface area (Å²) in [5.74, 6) is -0.430. The Morgan fingerprint density at radius 3 is 2.24 bits per heavy atom. The smallest absolute Gasteiger partial charge is 0.480 e. The van der Waals surface area contributed by atoms with E-state index in [1.54, 1.807) is 0 Å². The average Bonchev–Trinajstić information content (AvgIpc) is 2.86. The van der Waals surface area contributed by atoms with Crippen molar-refractivity contribution >= 4 is 27.3 Å². The maximum atomic E-state index is 12.9. The van der Waals surface area contributed by atoms with Crippen LogP contribution in [-0.2, 0) is 20.9 Å². The molecular weight excluding hydrogens is 682 g/mol. The van der Waals surface area contributed by atoms with Gasteiger partial charge in [0.2, 0.25) is 0 Å². The third-order valence-electron chi connectivity index (χ3n) is 6.46. The molecule has 0 saturated heterocycles. The molecule has 1 aromatic rings. The van der Waals surface area contributed by atoms with Crippen LogP contribution in [0.1, 0.15) is 51.2 Å². The third-order valence-corrected chi connectivity index (χ3v) is 7.31. The zero-order valence-corrected chi connectivity index (χ0v) is 26.0. The van der Waals surface area contributed by atoms with Gasteiger partial charge in [0, 0.05) is 0 Å². The molecule has 214 valence electrons. The molecule has 1 unspecified atom stereocenters. The fourth-order valence-corrected chi connectivity index (χ4v) is 4.99. The Balaban J connectivity index is 2.85. The number of carboxylic acid groups (broad SMARTS) is 1. The number of nitrogens with two attached hydrogens (primary N) is 1. The molecule has 0 fully saturated rings. The van der Waals surface area contributed by atoms with Gasteiger partial charge in [-0.05, 0) is 18.8 Å². The molecule has 0 spiro atoms. The van der Waals surface area contributed by atoms with Crippen molar-refractivity contribution in [3.63, 3.8) is 0 Å². The van der Waals surface area contributed by atoms with Crippen molar-refractivity contribution in [2.75, 3.05) is 58.9 Å². The van der Waals surface area contributed by atoms with Crippen LogP contribution in [0.2, 0.25) is 0 Å². The summed E-state index contributed by atoms with van der Waals surface area (Å²) in [5, 5.41) is 19.9. The predicted octanol–water partition coefficient (Wildman–Crippen LogP) is 0.797. The Hall–Kier alpha value is -1.94. The molecule has 0 aliphatic carbocycles. The Morgan fingerprint density at radius 1 is 1.05 bits per heavy atom. The van der Waals surface area contributed by atoms with Crippen LogP contribution in [0.5, 0.6) is 0 Å². The maximum absolute atomic E-state index is 12.9. The van der Waals surface area contributed by atoms with E-state index < -0.39 is 5.97 Å². The number of aldehydes is 1. The van der Waals surface area contributed by atoms with Gasteiger partial charge in [0.05, 0.1) is 0 Å². The number of nitrogens with zero attached hydrogens (tertiary/aromatic N) is 3. The summed E-state index contributed by atoms with van der Waals surface area (Å²) in [4.78, 5) is 41.5. The summed E-state index contributed by atoms with van der Waals surface area (Å²) in [6.45, 7) is 11.0. The summed E-state index contributed by atoms with van der Waals surface area (Å²) < 4.78 is 1.02. The van der Waals surface area contributed by atoms with Crippen molar-refractivity contribution in [1.82, 2.24) is 20.0 Å². The predicted molar refractivity (Wildman–Crippen MR) is 146 cm³/mol. The van der Waals surface area contributed by atoms with Gasteiger partial charge in [0.15, 0.2) is 0 Å². The van der Waals surface area contributed by atoms with Gasteiger partial charge in [-0.2, -0.15) is 0 Å². The zero-order chi connectivity index (χ0) is 28.5. The Bertz CT molecular complexity index is 900. The molecule has 0 aromatic heterocycles. The zero-order valence-electron chi connectivity index (χ0n) is 23.0. The van der Waals surface area contributed by atoms with Crippen LogP contribution in [-0.4, -0.2) is 103 Å². The van der Waals surface area contributed by atoms with Crippen LogP contribution in [0.3, 0.4) is 0 Å². The number of hydrogen-bond acceptors (Lipinski definition) is 7. The molecule has 0 bridgehead atoms. The van der Waals surface area contributed by atoms with Gasteiger partial charge in [0.25, 0.3) is 0 Å². The molecule has 1 rings (SSSR count). The Labute approximate surface area is 242 Å². The first kappa shape index (κ1) is 34.1. The molecule has 0 heterocycles. The first-order chi connectivity index (χ1) is 18.1. The van der Waals surface area contributed by atoms with Crippen LogP contribution < -0.4 is 14.3 Å². The standard InChI is InChI=1S/C27H45AtN6O4/c1-4-7-33(20-26(37)38)11-12-34(10-9-32(13-14-35)8-6-21(3)5-2)19-25(36)31-18-22-15-23(27(29)30)17-24(28)16-22/h14-17,21H,4-13,18-20H2,1-3H3,(H3,29,30)(H,31,36)(H,37,38). The van der Waals surface area contributed by atoms with Gasteiger partial charge in [0.1, 0.15) is 6.29 Å². The van der Waals surface area contributed by atoms with Gasteiger partial charge in [-0.1, -0.05) is 27.2 Å². The normalized spacial score (nSPS) is 12.2. The van der Waals surface area contributed by atoms with Crippen molar-refractivity contribution in [2.24, 2.45) is 11.7 Å². The molecule has 1 aromatic carbocycles. The van der Waals surface area contributed by atoms with Gasteiger partial charge >= 0.3 is 176 Å². The number of carboxylic acids is 1. The number of nitrogens with one attached hydrogen (secondary N) is 2. The third kappa shape index (κ3) is 14.9. The molecule has 11 heteroatoms. The van der Waals surface area contributed by atoms with Gasteiger partial charge in [-0.3, -0.25) is 4.79 Å². The second-order valence-electron chi connectivity index (χ2n) is 9.75. The van der Waals surface area contributed by atoms with Crippen LogP contribution in [0.25, 0.3) is 0 Å². The average molecular weight is 728 g/mol. The SMILES string of the molecule is CCCN(CCN(CCN(CC=O)CCC(C)CC)CC(=O)NCc1cc([At])cc(C(=N)N)c1)CC(=O)O. The van der Waals surface area contributed by atoms with E-state index in [1.165, 1.54) is 24.7 Å². The summed E-state index contributed by atoms with van der Waals surface area (Å²) in [6.07, 6.45) is 3.86. The first-order valence-electron chi connectivity index (χ1n) is 13.3. The molecule has 0 aliphatic heterocycles. The number of aliphatic carboxylic acids is 1. The van der Waals surface area contributed by atoms with E-state index in [0.29, 0.717) is 57.3 Å². The quantitative estimate of drug-likeness (QED) is 0.0829. The monoisotopic (exact) mass is 727 g/mol. The number of rotatable bonds is 21. The van der Waals surface area contributed by atoms with E-state index in [4.69, 9.17) is 11.1 Å². The van der Waals surface area contributed by atoms with Crippen molar-refractivity contribution in [1.29, 1.82) is 5.41 Å². The van der Waals surface area contributed by atoms with E-state index in [1.807, 2.05) is 34.9 Å². The van der Waals surface area contributed by atoms with E-state index in [2.05, 4.69) is 24.1 Å². The molecule has 1 amide bonds. The minimum absolute atomic E-state index is 0.00625. The fraction of sp³-hybridized carbons (Fsp3) is 0.630. The topological polar surface area (TPSA) is 143 Å². The van der Waals surface area contributed by atoms with Crippen LogP contribution in [0, 0.1) is 36.0 Å². The molecule has 10 nitrogen and oxygen atoms in total. The molecular formula is C27H45AtN6O4. The molecule has 38 heavy (non-hydrogen) atoms. The van der Waals surface area contributed by atoms with E-state index in [9.17, 15) is 19.5 Å². The first-order valence-corrected chi connectivity index (χ1v) is 14.8. The number of carbonyl (C=O) groups excluding carboxylic acids is 2. The number of carbonyl (C=O) groups is 3.